The van der Waals surface area contributed by atoms with Crippen LogP contribution in [0.3, 0.4) is 0 Å². The normalized spacial score (nSPS) is 11.0. The molecule has 0 saturated carbocycles. The number of aromatic nitrogens is 1. The topological polar surface area (TPSA) is 101 Å². The number of aryl methyl sites for hydroxylation is 1. The average Bonchev–Trinajstić information content (AvgIpc) is 3.48. The third kappa shape index (κ3) is 4.92. The maximum atomic E-state index is 12.6. The number of rotatable bonds is 4. The first kappa shape index (κ1) is 23.9. The number of hydrogen-bond donors (Lipinski definition) is 3. The number of phenols is 1. The van der Waals surface area contributed by atoms with E-state index in [1.54, 1.807) is 36.4 Å². The van der Waals surface area contributed by atoms with Gasteiger partial charge in [0.25, 0.3) is 5.91 Å². The van der Waals surface area contributed by atoms with Gasteiger partial charge in [0.2, 0.25) is 5.89 Å². The van der Waals surface area contributed by atoms with Crippen molar-refractivity contribution in [2.45, 2.75) is 6.92 Å². The Morgan fingerprint density at radius 2 is 1.81 bits per heavy atom. The summed E-state index contributed by atoms with van der Waals surface area (Å²) in [6, 6.07) is 18.5. The van der Waals surface area contributed by atoms with Gasteiger partial charge in [0.1, 0.15) is 17.0 Å². The van der Waals surface area contributed by atoms with Crippen molar-refractivity contribution in [1.29, 1.82) is 0 Å². The highest BCUT2D eigenvalue weighted by molar-refractivity contribution is 7.80. The Labute approximate surface area is 220 Å². The summed E-state index contributed by atoms with van der Waals surface area (Å²) in [5, 5.41) is 16.9. The van der Waals surface area contributed by atoms with Gasteiger partial charge in [-0.3, -0.25) is 10.1 Å². The molecule has 2 aromatic heterocycles. The first-order chi connectivity index (χ1) is 17.3. The molecule has 0 unspecified atom stereocenters. The van der Waals surface area contributed by atoms with E-state index in [0.717, 1.165) is 5.56 Å². The standard InChI is InChI=1S/C26H17Cl2N3O4S/c1-13-2-7-19-23(10-13)35-25(30-19)16-5-4-15(12-20(16)32)29-26(36)31-24(33)22-9-8-21(34-22)17-11-14(27)3-6-18(17)28/h2-12,32H,1H3,(H2,29,31,33,36). The number of phenolic OH excluding ortho intramolecular Hbond substituents is 1. The minimum absolute atomic E-state index is 0.0169. The molecule has 0 spiro atoms. The number of carbonyl (C=O) groups excluding carboxylic acids is 1. The van der Waals surface area contributed by atoms with E-state index < -0.39 is 5.91 Å². The second-order valence-electron chi connectivity index (χ2n) is 7.92. The van der Waals surface area contributed by atoms with Crippen LogP contribution in [0.1, 0.15) is 16.1 Å². The van der Waals surface area contributed by atoms with Crippen molar-refractivity contribution < 1.29 is 18.7 Å². The van der Waals surface area contributed by atoms with Gasteiger partial charge in [0, 0.05) is 22.3 Å². The zero-order valence-electron chi connectivity index (χ0n) is 18.6. The molecule has 1 amide bonds. The van der Waals surface area contributed by atoms with Crippen molar-refractivity contribution in [3.05, 3.63) is 88.1 Å². The molecule has 10 heteroatoms. The second-order valence-corrected chi connectivity index (χ2v) is 9.17. The number of hydrogen-bond acceptors (Lipinski definition) is 6. The largest absolute Gasteiger partial charge is 0.507 e. The summed E-state index contributed by atoms with van der Waals surface area (Å²) in [6.07, 6.45) is 0. The van der Waals surface area contributed by atoms with E-state index in [4.69, 9.17) is 44.3 Å². The van der Waals surface area contributed by atoms with E-state index in [9.17, 15) is 9.90 Å². The first-order valence-electron chi connectivity index (χ1n) is 10.6. The summed E-state index contributed by atoms with van der Waals surface area (Å²) in [7, 11) is 0. The highest BCUT2D eigenvalue weighted by atomic mass is 35.5. The summed E-state index contributed by atoms with van der Waals surface area (Å²) in [5.74, 6) is 0.103. The van der Waals surface area contributed by atoms with Crippen LogP contribution in [0.5, 0.6) is 5.75 Å². The van der Waals surface area contributed by atoms with Gasteiger partial charge in [-0.05, 0) is 79.3 Å². The van der Waals surface area contributed by atoms with Crippen molar-refractivity contribution >= 4 is 63.2 Å². The molecule has 180 valence electrons. The average molecular weight is 538 g/mol. The van der Waals surface area contributed by atoms with Gasteiger partial charge in [-0.15, -0.1) is 0 Å². The fraction of sp³-hybridized carbons (Fsp3) is 0.0385. The maximum Gasteiger partial charge on any atom is 0.293 e. The summed E-state index contributed by atoms with van der Waals surface area (Å²) in [5.41, 5.74) is 3.82. The SMILES string of the molecule is Cc1ccc2nc(-c3ccc(NC(=S)NC(=O)c4ccc(-c5cc(Cl)ccc5Cl)o4)cc3O)oc2c1. The monoisotopic (exact) mass is 537 g/mol. The lowest BCUT2D eigenvalue weighted by Crippen LogP contribution is -2.33. The van der Waals surface area contributed by atoms with Gasteiger partial charge in [-0.2, -0.15) is 0 Å². The maximum absolute atomic E-state index is 12.6. The second kappa shape index (κ2) is 9.66. The molecule has 5 aromatic rings. The molecule has 36 heavy (non-hydrogen) atoms. The number of aromatic hydroxyl groups is 1. The molecule has 3 aromatic carbocycles. The molecule has 2 heterocycles. The van der Waals surface area contributed by atoms with Gasteiger partial charge in [-0.25, -0.2) is 4.98 Å². The first-order valence-corrected chi connectivity index (χ1v) is 11.8. The quantitative estimate of drug-likeness (QED) is 0.208. The van der Waals surface area contributed by atoms with Crippen LogP contribution in [-0.2, 0) is 0 Å². The molecule has 0 atom stereocenters. The minimum Gasteiger partial charge on any atom is -0.507 e. The Morgan fingerprint density at radius 1 is 0.972 bits per heavy atom. The number of furan rings is 1. The molecule has 0 saturated heterocycles. The van der Waals surface area contributed by atoms with Gasteiger partial charge in [-0.1, -0.05) is 29.3 Å². The minimum atomic E-state index is -0.556. The summed E-state index contributed by atoms with van der Waals surface area (Å²) >= 11 is 17.5. The number of halogens is 2. The lowest BCUT2D eigenvalue weighted by molar-refractivity contribution is 0.0951. The Hall–Kier alpha value is -3.85. The fourth-order valence-electron chi connectivity index (χ4n) is 3.56. The molecular formula is C26H17Cl2N3O4S. The van der Waals surface area contributed by atoms with Gasteiger partial charge in [0.05, 0.1) is 10.6 Å². The van der Waals surface area contributed by atoms with Crippen LogP contribution in [0.15, 0.2) is 75.6 Å². The van der Waals surface area contributed by atoms with Crippen LogP contribution in [0.2, 0.25) is 10.0 Å². The van der Waals surface area contributed by atoms with Crippen LogP contribution >= 0.6 is 35.4 Å². The zero-order valence-corrected chi connectivity index (χ0v) is 21.0. The van der Waals surface area contributed by atoms with Crippen molar-refractivity contribution in [3.8, 4) is 28.5 Å². The molecular weight excluding hydrogens is 521 g/mol. The predicted octanol–water partition coefficient (Wildman–Crippen LogP) is 7.20. The Morgan fingerprint density at radius 3 is 2.61 bits per heavy atom. The number of benzene rings is 3. The lowest BCUT2D eigenvalue weighted by Gasteiger charge is -2.10. The van der Waals surface area contributed by atoms with Crippen LogP contribution in [0.25, 0.3) is 33.9 Å². The molecule has 5 rings (SSSR count). The highest BCUT2D eigenvalue weighted by Crippen LogP contribution is 2.34. The number of nitrogens with zero attached hydrogens (tertiary/aromatic N) is 1. The van der Waals surface area contributed by atoms with E-state index in [1.807, 2.05) is 25.1 Å². The number of amides is 1. The van der Waals surface area contributed by atoms with Crippen molar-refractivity contribution in [2.75, 3.05) is 5.32 Å². The van der Waals surface area contributed by atoms with Crippen molar-refractivity contribution in [3.63, 3.8) is 0 Å². The molecule has 7 nitrogen and oxygen atoms in total. The summed E-state index contributed by atoms with van der Waals surface area (Å²) in [6.45, 7) is 1.96. The molecule has 0 aliphatic heterocycles. The third-order valence-electron chi connectivity index (χ3n) is 5.28. The number of carbonyl (C=O) groups is 1. The van der Waals surface area contributed by atoms with E-state index in [1.165, 1.54) is 12.1 Å². The van der Waals surface area contributed by atoms with Crippen molar-refractivity contribution in [2.24, 2.45) is 0 Å². The van der Waals surface area contributed by atoms with Gasteiger partial charge in [0.15, 0.2) is 16.5 Å². The van der Waals surface area contributed by atoms with Crippen LogP contribution in [0, 0.1) is 6.92 Å². The zero-order chi connectivity index (χ0) is 25.4. The Balaban J connectivity index is 1.27. The van der Waals surface area contributed by atoms with E-state index in [-0.39, 0.29) is 16.6 Å². The Bertz CT molecular complexity index is 1640. The van der Waals surface area contributed by atoms with Gasteiger partial charge >= 0.3 is 0 Å². The van der Waals surface area contributed by atoms with Gasteiger partial charge < -0.3 is 19.3 Å². The Kier molecular flexibility index (Phi) is 6.40. The predicted molar refractivity (Wildman–Crippen MR) is 144 cm³/mol. The number of anilines is 1. The van der Waals surface area contributed by atoms with E-state index >= 15 is 0 Å². The van der Waals surface area contributed by atoms with Crippen LogP contribution < -0.4 is 10.6 Å². The fourth-order valence-corrected chi connectivity index (χ4v) is 4.15. The molecule has 0 aliphatic carbocycles. The lowest BCUT2D eigenvalue weighted by atomic mass is 10.2. The molecule has 0 aliphatic rings. The summed E-state index contributed by atoms with van der Waals surface area (Å²) < 4.78 is 11.4. The van der Waals surface area contributed by atoms with E-state index in [0.29, 0.717) is 49.6 Å². The number of oxazole rings is 1. The van der Waals surface area contributed by atoms with E-state index in [2.05, 4.69) is 15.6 Å². The number of thiocarbonyl (C=S) groups is 1. The summed E-state index contributed by atoms with van der Waals surface area (Å²) in [4.78, 5) is 17.0. The van der Waals surface area contributed by atoms with Crippen LogP contribution in [0.4, 0.5) is 5.69 Å². The smallest absolute Gasteiger partial charge is 0.293 e. The highest BCUT2D eigenvalue weighted by Gasteiger charge is 2.17. The molecule has 3 N–H and O–H groups in total. The molecule has 0 radical (unpaired) electrons. The van der Waals surface area contributed by atoms with Crippen molar-refractivity contribution in [1.82, 2.24) is 10.3 Å². The van der Waals surface area contributed by atoms with Crippen LogP contribution in [-0.4, -0.2) is 21.1 Å². The molecule has 0 bridgehead atoms. The number of fused-ring (bicyclic) bond motifs is 1. The molecule has 0 fully saturated rings. The third-order valence-corrected chi connectivity index (χ3v) is 6.05. The number of nitrogens with one attached hydrogen (secondary N) is 2.